The van der Waals surface area contributed by atoms with Crippen molar-refractivity contribution >= 4 is 95.6 Å². The molecule has 0 heterocycles. The quantitative estimate of drug-likeness (QED) is 0.0984. The summed E-state index contributed by atoms with van der Waals surface area (Å²) >= 11 is 0. The minimum atomic E-state index is -4.67. The topological polar surface area (TPSA) is 440 Å². The molecule has 0 saturated carbocycles. The molecular weight excluding hydrogens is 803 g/mol. The molecule has 0 aliphatic heterocycles. The molecule has 0 aliphatic rings. The van der Waals surface area contributed by atoms with Crippen molar-refractivity contribution in [1.29, 1.82) is 0 Å². The second kappa shape index (κ2) is 33.9. The third-order valence-corrected chi connectivity index (χ3v) is 3.73. The monoisotopic (exact) mass is 830 g/mol. The van der Waals surface area contributed by atoms with E-state index < -0.39 is 70.1 Å². The van der Waals surface area contributed by atoms with Crippen molar-refractivity contribution < 1.29 is 127 Å². The zero-order chi connectivity index (χ0) is 37.8. The van der Waals surface area contributed by atoms with Crippen LogP contribution in [-0.4, -0.2) is 169 Å². The third-order valence-electron chi connectivity index (χ3n) is 2.87. The SMILES string of the molecule is CC(=O)O.O=C(O)C(O)C(O)C(=O)O.O=C(O)O.O=C(O)c1ccccc1.O=S(=O)(O)O.O=S(=O)(O)c1ccccc1.[Br-].[Ca+2].[O-]B(O)O. The molecule has 2 atom stereocenters. The van der Waals surface area contributed by atoms with Crippen molar-refractivity contribution in [3.05, 3.63) is 66.2 Å². The van der Waals surface area contributed by atoms with Gasteiger partial charge in [0.05, 0.1) is 10.5 Å². The first kappa shape index (κ1) is 60.3. The number of hydrogen-bond donors (Lipinski definition) is 13. The largest absolute Gasteiger partial charge is 2.00 e. The average Bonchev–Trinajstić information content (AvgIpc) is 2.87. The Morgan fingerprint density at radius 2 is 0.875 bits per heavy atom. The summed E-state index contributed by atoms with van der Waals surface area (Å²) in [6, 6.07) is 15.7. The molecule has 0 bridgehead atoms. The van der Waals surface area contributed by atoms with Crippen LogP contribution in [0.25, 0.3) is 0 Å². The van der Waals surface area contributed by atoms with E-state index in [1.165, 1.54) is 12.1 Å². The standard InChI is InChI=1S/C7H6O2.C6H6O3S.C4H6O6.C2H4O2.CH2O3.BH2O3.BrH.Ca.H2O4S/c8-7(9)6-4-2-1-3-5-6;7-10(8,9)6-4-2-1-3-5-6;5-1(3(7)8)2(6)4(9)10;1-2(3)4;2*2-1(3)4;;;1-5(2,3)4/h1-5H,(H,8,9);1-5H,(H,7,8,9);1-2,5-6H,(H,7,8)(H,9,10);1H3,(H,3,4);(H2,2,3,4);2-3H;1H;;(H2,1,2,3,4)/q;;;;;-1;;+2;/p-1. The Balaban J connectivity index is -0.0000000843. The van der Waals surface area contributed by atoms with Gasteiger partial charge < -0.3 is 72.9 Å². The smallest absolute Gasteiger partial charge is 1.00 e. The molecule has 48 heavy (non-hydrogen) atoms. The number of hydrogen-bond acceptors (Lipinski definition) is 14. The van der Waals surface area contributed by atoms with E-state index in [1.807, 2.05) is 0 Å². The first-order chi connectivity index (χ1) is 20.6. The van der Waals surface area contributed by atoms with Gasteiger partial charge in [-0.15, -0.1) is 0 Å². The van der Waals surface area contributed by atoms with Crippen molar-refractivity contribution in [2.24, 2.45) is 0 Å². The number of aliphatic carboxylic acids is 3. The van der Waals surface area contributed by atoms with Gasteiger partial charge in [-0.25, -0.2) is 19.2 Å². The minimum Gasteiger partial charge on any atom is -1.00 e. The molecule has 0 radical (unpaired) electrons. The first-order valence-corrected chi connectivity index (χ1v) is 13.4. The van der Waals surface area contributed by atoms with Crippen molar-refractivity contribution in [1.82, 2.24) is 0 Å². The molecule has 13 N–H and O–H groups in total. The zero-order valence-electron chi connectivity index (χ0n) is 23.8. The molecule has 0 spiro atoms. The van der Waals surface area contributed by atoms with Gasteiger partial charge in [-0.1, -0.05) is 36.4 Å². The van der Waals surface area contributed by atoms with Gasteiger partial charge in [-0.2, -0.15) is 16.8 Å². The van der Waals surface area contributed by atoms with Crippen LogP contribution in [-0.2, 0) is 34.9 Å². The summed E-state index contributed by atoms with van der Waals surface area (Å²) in [5.74, 6) is -5.25. The zero-order valence-corrected chi connectivity index (χ0v) is 29.2. The van der Waals surface area contributed by atoms with Crippen LogP contribution in [0, 0.1) is 0 Å². The van der Waals surface area contributed by atoms with E-state index >= 15 is 0 Å². The Labute approximate surface area is 311 Å². The Hall–Kier alpha value is -3.03. The molecule has 2 aromatic carbocycles. The predicted molar refractivity (Wildman–Crippen MR) is 151 cm³/mol. The molecule has 2 rings (SSSR count). The fraction of sp³-hybridized carbons (Fsp3) is 0.150. The average molecular weight is 831 g/mol. The van der Waals surface area contributed by atoms with E-state index in [9.17, 15) is 22.8 Å². The van der Waals surface area contributed by atoms with Crippen LogP contribution >= 0.6 is 0 Å². The van der Waals surface area contributed by atoms with Crippen LogP contribution in [0.3, 0.4) is 0 Å². The number of rotatable bonds is 5. The Kier molecular flexibility index (Phi) is 42.5. The predicted octanol–water partition coefficient (Wildman–Crippen LogP) is -6.20. The number of carboxylic acids is 4. The van der Waals surface area contributed by atoms with Gasteiger partial charge in [0.15, 0.2) is 12.2 Å². The second-order valence-corrected chi connectivity index (χ2v) is 8.92. The maximum Gasteiger partial charge on any atom is 2.00 e. The van der Waals surface area contributed by atoms with Gasteiger partial charge in [0, 0.05) is 6.92 Å². The van der Waals surface area contributed by atoms with Crippen LogP contribution in [0.15, 0.2) is 65.6 Å². The van der Waals surface area contributed by atoms with Crippen molar-refractivity contribution in [3.8, 4) is 0 Å². The molecular formula is C20H28BBrCaO23S2. The van der Waals surface area contributed by atoms with Gasteiger partial charge in [0.25, 0.3) is 16.1 Å². The molecule has 0 amide bonds. The normalized spacial score (nSPS) is 10.1. The van der Waals surface area contributed by atoms with E-state index in [2.05, 4.69) is 0 Å². The number of carboxylic acid groups (broad SMARTS) is 6. The number of aromatic carboxylic acids is 1. The van der Waals surface area contributed by atoms with Crippen LogP contribution in [0.5, 0.6) is 0 Å². The third kappa shape index (κ3) is 61.9. The van der Waals surface area contributed by atoms with E-state index in [-0.39, 0.29) is 59.6 Å². The summed E-state index contributed by atoms with van der Waals surface area (Å²) in [4.78, 5) is 47.2. The van der Waals surface area contributed by atoms with Crippen LogP contribution in [0.2, 0.25) is 0 Å². The van der Waals surface area contributed by atoms with Gasteiger partial charge >= 0.3 is 79.5 Å². The van der Waals surface area contributed by atoms with Crippen molar-refractivity contribution in [2.45, 2.75) is 24.0 Å². The van der Waals surface area contributed by atoms with Gasteiger partial charge in [0.1, 0.15) is 0 Å². The van der Waals surface area contributed by atoms with Crippen LogP contribution < -0.4 is 22.0 Å². The van der Waals surface area contributed by atoms with Crippen molar-refractivity contribution in [3.63, 3.8) is 0 Å². The number of aliphatic hydroxyl groups is 2. The summed E-state index contributed by atoms with van der Waals surface area (Å²) in [5, 5.41) is 85.0. The van der Waals surface area contributed by atoms with E-state index in [4.69, 9.17) is 87.6 Å². The van der Waals surface area contributed by atoms with E-state index in [0.29, 0.717) is 5.56 Å². The summed E-state index contributed by atoms with van der Waals surface area (Å²) in [5.41, 5.74) is 0.331. The van der Waals surface area contributed by atoms with Crippen LogP contribution in [0.1, 0.15) is 17.3 Å². The maximum absolute atomic E-state index is 10.4. The number of benzene rings is 2. The maximum atomic E-state index is 10.4. The molecule has 23 nitrogen and oxygen atoms in total. The van der Waals surface area contributed by atoms with Gasteiger partial charge in [-0.05, 0) is 24.3 Å². The summed E-state index contributed by atoms with van der Waals surface area (Å²) in [6.07, 6.45) is -6.37. The number of halogens is 1. The molecule has 0 fully saturated rings. The van der Waals surface area contributed by atoms with Gasteiger partial charge in [0.2, 0.25) is 0 Å². The second-order valence-electron chi connectivity index (χ2n) is 6.60. The Morgan fingerprint density at radius 3 is 1.00 bits per heavy atom. The van der Waals surface area contributed by atoms with Gasteiger partial charge in [-0.3, -0.25) is 18.5 Å². The first-order valence-electron chi connectivity index (χ1n) is 10.5. The van der Waals surface area contributed by atoms with E-state index in [0.717, 1.165) is 6.92 Å². The molecule has 2 aromatic rings. The summed E-state index contributed by atoms with van der Waals surface area (Å²) < 4.78 is 60.8. The number of carbonyl (C=O) groups is 5. The molecule has 270 valence electrons. The number of aliphatic hydroxyl groups excluding tert-OH is 2. The molecule has 28 heteroatoms. The molecule has 0 aliphatic carbocycles. The minimum absolute atomic E-state index is 0. The molecule has 0 aromatic heterocycles. The summed E-state index contributed by atoms with van der Waals surface area (Å²) in [6.45, 7) is 1.08. The van der Waals surface area contributed by atoms with E-state index in [1.54, 1.807) is 48.5 Å². The Bertz CT molecular complexity index is 1330. The van der Waals surface area contributed by atoms with Crippen molar-refractivity contribution in [2.75, 3.05) is 0 Å². The molecule has 0 saturated heterocycles. The molecule has 2 unspecified atom stereocenters. The summed E-state index contributed by atoms with van der Waals surface area (Å²) in [7, 11) is -11.1. The van der Waals surface area contributed by atoms with Crippen LogP contribution in [0.4, 0.5) is 4.79 Å². The fourth-order valence-electron chi connectivity index (χ4n) is 1.44. The fourth-order valence-corrected chi connectivity index (χ4v) is 1.94. The Morgan fingerprint density at radius 1 is 0.667 bits per heavy atom.